The Morgan fingerprint density at radius 1 is 1.16 bits per heavy atom. The van der Waals surface area contributed by atoms with Crippen molar-refractivity contribution >= 4 is 17.5 Å². The van der Waals surface area contributed by atoms with Gasteiger partial charge in [0, 0.05) is 5.69 Å². The number of hydrogen-bond acceptors (Lipinski definition) is 4. The molecule has 2 amide bonds. The first-order valence-electron chi connectivity index (χ1n) is 6.40. The summed E-state index contributed by atoms with van der Waals surface area (Å²) in [6, 6.07) is 4.66. The lowest BCUT2D eigenvalue weighted by molar-refractivity contribution is 0.00243. The maximum absolute atomic E-state index is 12.2. The summed E-state index contributed by atoms with van der Waals surface area (Å²) in [7, 11) is 0. The molecule has 2 rings (SSSR count). The summed E-state index contributed by atoms with van der Waals surface area (Å²) in [5.41, 5.74) is 5.72. The van der Waals surface area contributed by atoms with E-state index in [0.29, 0.717) is 29.7 Å². The standard InChI is InChI=1S/C14H18N2O3/c1-3-14(19,4-2)8-16-12(17)10-6-5-9(15)7-11(10)13(16)18/h5-7,19H,3-4,8,15H2,1-2H3. The molecule has 0 bridgehead atoms. The number of rotatable bonds is 4. The Kier molecular flexibility index (Phi) is 3.32. The van der Waals surface area contributed by atoms with Gasteiger partial charge in [-0.1, -0.05) is 13.8 Å². The lowest BCUT2D eigenvalue weighted by Crippen LogP contribution is -2.44. The SMILES string of the molecule is CCC(O)(CC)CN1C(=O)c2ccc(N)cc2C1=O. The zero-order chi connectivity index (χ0) is 14.2. The van der Waals surface area contributed by atoms with Crippen LogP contribution in [0.4, 0.5) is 5.69 Å². The smallest absolute Gasteiger partial charge is 0.261 e. The molecular weight excluding hydrogens is 244 g/mol. The van der Waals surface area contributed by atoms with Crippen LogP contribution in [-0.2, 0) is 0 Å². The number of nitrogen functional groups attached to an aromatic ring is 1. The largest absolute Gasteiger partial charge is 0.399 e. The molecule has 1 heterocycles. The van der Waals surface area contributed by atoms with Gasteiger partial charge in [0.15, 0.2) is 0 Å². The minimum atomic E-state index is -1.03. The van der Waals surface area contributed by atoms with Crippen LogP contribution >= 0.6 is 0 Å². The van der Waals surface area contributed by atoms with Crippen molar-refractivity contribution < 1.29 is 14.7 Å². The number of nitrogens with zero attached hydrogens (tertiary/aromatic N) is 1. The van der Waals surface area contributed by atoms with Crippen LogP contribution in [0, 0.1) is 0 Å². The van der Waals surface area contributed by atoms with Crippen LogP contribution in [-0.4, -0.2) is 34.0 Å². The van der Waals surface area contributed by atoms with Gasteiger partial charge < -0.3 is 10.8 Å². The molecular formula is C14H18N2O3. The molecule has 0 saturated carbocycles. The minimum Gasteiger partial charge on any atom is -0.399 e. The third kappa shape index (κ3) is 2.21. The number of imide groups is 1. The Bertz CT molecular complexity index is 535. The number of amides is 2. The van der Waals surface area contributed by atoms with Gasteiger partial charge in [0.1, 0.15) is 0 Å². The lowest BCUT2D eigenvalue weighted by atomic mass is 9.97. The van der Waals surface area contributed by atoms with Crippen molar-refractivity contribution in [1.29, 1.82) is 0 Å². The van der Waals surface area contributed by atoms with Crippen LogP contribution in [0.25, 0.3) is 0 Å². The molecule has 0 aromatic heterocycles. The molecule has 0 radical (unpaired) electrons. The van der Waals surface area contributed by atoms with Gasteiger partial charge in [-0.05, 0) is 31.0 Å². The highest BCUT2D eigenvalue weighted by Crippen LogP contribution is 2.27. The lowest BCUT2D eigenvalue weighted by Gasteiger charge is -2.29. The molecule has 0 saturated heterocycles. The van der Waals surface area contributed by atoms with Gasteiger partial charge >= 0.3 is 0 Å². The topological polar surface area (TPSA) is 83.6 Å². The van der Waals surface area contributed by atoms with E-state index in [1.165, 1.54) is 6.07 Å². The van der Waals surface area contributed by atoms with E-state index in [-0.39, 0.29) is 18.4 Å². The summed E-state index contributed by atoms with van der Waals surface area (Å²) < 4.78 is 0. The number of β-amino-alcohol motifs (C(OH)–C–C–N with tert-alkyl or cyclic N) is 1. The number of anilines is 1. The fourth-order valence-corrected chi connectivity index (χ4v) is 2.22. The van der Waals surface area contributed by atoms with E-state index in [2.05, 4.69) is 0 Å². The molecule has 102 valence electrons. The molecule has 19 heavy (non-hydrogen) atoms. The molecule has 3 N–H and O–H groups in total. The molecule has 0 spiro atoms. The number of benzene rings is 1. The van der Waals surface area contributed by atoms with Crippen molar-refractivity contribution in [3.8, 4) is 0 Å². The summed E-state index contributed by atoms with van der Waals surface area (Å²) in [6.07, 6.45) is 0.970. The van der Waals surface area contributed by atoms with E-state index in [4.69, 9.17) is 5.73 Å². The Hall–Kier alpha value is -1.88. The molecule has 5 nitrogen and oxygen atoms in total. The highest BCUT2D eigenvalue weighted by Gasteiger charge is 2.39. The molecule has 1 aromatic rings. The van der Waals surface area contributed by atoms with Crippen molar-refractivity contribution in [2.45, 2.75) is 32.3 Å². The predicted molar refractivity (Wildman–Crippen MR) is 71.8 cm³/mol. The van der Waals surface area contributed by atoms with E-state index in [0.717, 1.165) is 4.90 Å². The maximum atomic E-state index is 12.2. The van der Waals surface area contributed by atoms with Gasteiger partial charge in [0.25, 0.3) is 11.8 Å². The summed E-state index contributed by atoms with van der Waals surface area (Å²) in [5, 5.41) is 10.3. The van der Waals surface area contributed by atoms with Crippen molar-refractivity contribution in [3.05, 3.63) is 29.3 Å². The fraction of sp³-hybridized carbons (Fsp3) is 0.429. The first-order chi connectivity index (χ1) is 8.91. The number of nitrogens with two attached hydrogens (primary N) is 1. The molecule has 1 aliphatic heterocycles. The number of aliphatic hydroxyl groups is 1. The fourth-order valence-electron chi connectivity index (χ4n) is 2.22. The third-order valence-electron chi connectivity index (χ3n) is 3.76. The van der Waals surface area contributed by atoms with Crippen LogP contribution in [0.15, 0.2) is 18.2 Å². The van der Waals surface area contributed by atoms with Crippen molar-refractivity contribution in [2.24, 2.45) is 0 Å². The Morgan fingerprint density at radius 2 is 1.74 bits per heavy atom. The Balaban J connectivity index is 2.33. The molecule has 1 aliphatic rings. The van der Waals surface area contributed by atoms with Gasteiger partial charge in [-0.25, -0.2) is 0 Å². The van der Waals surface area contributed by atoms with E-state index < -0.39 is 5.60 Å². The zero-order valence-corrected chi connectivity index (χ0v) is 11.1. The van der Waals surface area contributed by atoms with Crippen molar-refractivity contribution in [2.75, 3.05) is 12.3 Å². The van der Waals surface area contributed by atoms with Crippen molar-refractivity contribution in [3.63, 3.8) is 0 Å². The van der Waals surface area contributed by atoms with E-state index >= 15 is 0 Å². The highest BCUT2D eigenvalue weighted by atomic mass is 16.3. The first kappa shape index (κ1) is 13.5. The summed E-state index contributed by atoms with van der Waals surface area (Å²) >= 11 is 0. The van der Waals surface area contributed by atoms with Gasteiger partial charge in [-0.15, -0.1) is 0 Å². The predicted octanol–water partition coefficient (Wildman–Crippen LogP) is 1.42. The molecule has 0 atom stereocenters. The third-order valence-corrected chi connectivity index (χ3v) is 3.76. The molecule has 1 aromatic carbocycles. The Labute approximate surface area is 112 Å². The number of carbonyl (C=O) groups is 2. The zero-order valence-electron chi connectivity index (χ0n) is 11.1. The van der Waals surface area contributed by atoms with Gasteiger partial charge in [0.05, 0.1) is 23.3 Å². The van der Waals surface area contributed by atoms with Crippen LogP contribution in [0.5, 0.6) is 0 Å². The molecule has 0 unspecified atom stereocenters. The van der Waals surface area contributed by atoms with Crippen molar-refractivity contribution in [1.82, 2.24) is 4.90 Å². The second kappa shape index (κ2) is 4.66. The summed E-state index contributed by atoms with van der Waals surface area (Å²) in [5.74, 6) is -0.743. The van der Waals surface area contributed by atoms with Crippen LogP contribution < -0.4 is 5.73 Å². The van der Waals surface area contributed by atoms with Crippen LogP contribution in [0.3, 0.4) is 0 Å². The highest BCUT2D eigenvalue weighted by molar-refractivity contribution is 6.21. The average Bonchev–Trinajstić information content (AvgIpc) is 2.63. The summed E-state index contributed by atoms with van der Waals surface area (Å²) in [6.45, 7) is 3.69. The number of carbonyl (C=O) groups excluding carboxylic acids is 2. The second-order valence-electron chi connectivity index (χ2n) is 4.93. The van der Waals surface area contributed by atoms with E-state index in [9.17, 15) is 14.7 Å². The average molecular weight is 262 g/mol. The van der Waals surface area contributed by atoms with Crippen LogP contribution in [0.2, 0.25) is 0 Å². The monoisotopic (exact) mass is 262 g/mol. The summed E-state index contributed by atoms with van der Waals surface area (Å²) in [4.78, 5) is 25.5. The van der Waals surface area contributed by atoms with E-state index in [1.54, 1.807) is 12.1 Å². The first-order valence-corrected chi connectivity index (χ1v) is 6.40. The number of hydrogen-bond donors (Lipinski definition) is 2. The molecule has 0 aliphatic carbocycles. The maximum Gasteiger partial charge on any atom is 0.261 e. The minimum absolute atomic E-state index is 0.0201. The van der Waals surface area contributed by atoms with Gasteiger partial charge in [0.2, 0.25) is 0 Å². The van der Waals surface area contributed by atoms with E-state index in [1.807, 2.05) is 13.8 Å². The van der Waals surface area contributed by atoms with Gasteiger partial charge in [-0.3, -0.25) is 14.5 Å². The molecule has 0 fully saturated rings. The normalized spacial score (nSPS) is 15.0. The van der Waals surface area contributed by atoms with Gasteiger partial charge in [-0.2, -0.15) is 0 Å². The van der Waals surface area contributed by atoms with Crippen LogP contribution in [0.1, 0.15) is 47.4 Å². The second-order valence-corrected chi connectivity index (χ2v) is 4.93. The Morgan fingerprint density at radius 3 is 2.32 bits per heavy atom. The number of fused-ring (bicyclic) bond motifs is 1. The molecule has 5 heteroatoms. The quantitative estimate of drug-likeness (QED) is 0.635.